The number of nitrogens with one attached hydrogen (secondary N) is 1. The summed E-state index contributed by atoms with van der Waals surface area (Å²) < 4.78 is 13.1. The fraction of sp³-hybridized carbons (Fsp3) is 0.125. The van der Waals surface area contributed by atoms with Crippen LogP contribution in [0.2, 0.25) is 0 Å². The average molecular weight is 327 g/mol. The molecule has 0 saturated carbocycles. The lowest BCUT2D eigenvalue weighted by atomic mass is 10.1. The minimum atomic E-state index is -0.806. The van der Waals surface area contributed by atoms with Crippen molar-refractivity contribution < 1.29 is 14.0 Å². The molecule has 24 heavy (non-hydrogen) atoms. The lowest BCUT2D eigenvalue weighted by molar-refractivity contribution is -0.119. The number of amides is 2. The molecule has 1 aliphatic rings. The van der Waals surface area contributed by atoms with Gasteiger partial charge in [-0.05, 0) is 36.4 Å². The summed E-state index contributed by atoms with van der Waals surface area (Å²) in [6.45, 7) is 0. The van der Waals surface area contributed by atoms with E-state index in [0.29, 0.717) is 11.5 Å². The summed E-state index contributed by atoms with van der Waals surface area (Å²) in [7, 11) is 0. The van der Waals surface area contributed by atoms with Crippen LogP contribution in [0.4, 0.5) is 15.9 Å². The molecule has 0 unspecified atom stereocenters. The highest BCUT2D eigenvalue weighted by Gasteiger charge is 2.35. The van der Waals surface area contributed by atoms with Crippen molar-refractivity contribution in [1.29, 1.82) is 0 Å². The van der Waals surface area contributed by atoms with Gasteiger partial charge in [-0.2, -0.15) is 5.10 Å². The fourth-order valence-electron chi connectivity index (χ4n) is 2.33. The van der Waals surface area contributed by atoms with Crippen molar-refractivity contribution in [2.24, 2.45) is 10.8 Å². The van der Waals surface area contributed by atoms with Gasteiger partial charge >= 0.3 is 0 Å². The quantitative estimate of drug-likeness (QED) is 0.883. The third-order valence-corrected chi connectivity index (χ3v) is 3.50. The molecule has 1 aliphatic heterocycles. The van der Waals surface area contributed by atoms with Gasteiger partial charge in [0.1, 0.15) is 23.4 Å². The number of carbonyl (C=O) groups excluding carboxylic acids is 2. The van der Waals surface area contributed by atoms with Crippen LogP contribution in [0.25, 0.3) is 0 Å². The molecular weight excluding hydrogens is 313 g/mol. The van der Waals surface area contributed by atoms with Gasteiger partial charge < -0.3 is 11.1 Å². The van der Waals surface area contributed by atoms with Gasteiger partial charge in [0.15, 0.2) is 0 Å². The van der Waals surface area contributed by atoms with E-state index in [1.165, 1.54) is 29.3 Å². The highest BCUT2D eigenvalue weighted by molar-refractivity contribution is 6.44. The number of nitrogens with zero attached hydrogens (tertiary/aromatic N) is 3. The largest absolute Gasteiger partial charge is 0.368 e. The molecule has 2 amide bonds. The lowest BCUT2D eigenvalue weighted by Crippen LogP contribution is -2.39. The average Bonchev–Trinajstić information content (AvgIpc) is 3.02. The smallest absolute Gasteiger partial charge is 0.273 e. The zero-order chi connectivity index (χ0) is 17.1. The number of hydrogen-bond donors (Lipinski definition) is 2. The van der Waals surface area contributed by atoms with Gasteiger partial charge in [-0.1, -0.05) is 6.07 Å². The van der Waals surface area contributed by atoms with Crippen molar-refractivity contribution in [3.05, 3.63) is 54.5 Å². The van der Waals surface area contributed by atoms with Gasteiger partial charge in [0.05, 0.1) is 5.69 Å². The highest BCUT2D eigenvalue weighted by Crippen LogP contribution is 2.25. The normalized spacial score (nSPS) is 16.6. The summed E-state index contributed by atoms with van der Waals surface area (Å²) in [4.78, 5) is 28.0. The molecule has 2 heterocycles. The molecule has 3 N–H and O–H groups in total. The minimum Gasteiger partial charge on any atom is -0.368 e. The summed E-state index contributed by atoms with van der Waals surface area (Å²) >= 11 is 0. The molecular formula is C16H14FN5O2. The van der Waals surface area contributed by atoms with E-state index in [1.807, 2.05) is 0 Å². The third-order valence-electron chi connectivity index (χ3n) is 3.50. The third kappa shape index (κ3) is 3.22. The summed E-state index contributed by atoms with van der Waals surface area (Å²) in [6, 6.07) is 9.71. The first-order valence-electron chi connectivity index (χ1n) is 7.18. The van der Waals surface area contributed by atoms with Crippen LogP contribution in [0.3, 0.4) is 0 Å². The highest BCUT2D eigenvalue weighted by atomic mass is 19.1. The van der Waals surface area contributed by atoms with Gasteiger partial charge in [-0.15, -0.1) is 0 Å². The van der Waals surface area contributed by atoms with Crippen LogP contribution in [0.15, 0.2) is 53.8 Å². The second-order valence-electron chi connectivity index (χ2n) is 5.16. The molecule has 2 aromatic rings. The first kappa shape index (κ1) is 15.6. The van der Waals surface area contributed by atoms with Crippen molar-refractivity contribution in [3.63, 3.8) is 0 Å². The zero-order valence-electron chi connectivity index (χ0n) is 12.5. The first-order chi connectivity index (χ1) is 11.5. The number of halogens is 1. The topological polar surface area (TPSA) is 101 Å². The number of pyridine rings is 1. The first-order valence-corrected chi connectivity index (χ1v) is 7.18. The van der Waals surface area contributed by atoms with E-state index in [2.05, 4.69) is 15.4 Å². The Labute approximate surface area is 137 Å². The number of carbonyl (C=O) groups is 2. The number of primary amides is 1. The standard InChI is InChI=1S/C16H14FN5O2/c17-10-4-6-11(7-5-10)22-13(15(18)23)9-12(21-22)16(24)20-14-3-1-2-8-19-14/h1-8,13H,9H2,(H2,18,23)(H,19,20,24)/t13-/m1/s1. The Kier molecular flexibility index (Phi) is 4.19. The van der Waals surface area contributed by atoms with Crippen LogP contribution in [-0.4, -0.2) is 28.6 Å². The number of rotatable bonds is 4. The molecule has 0 spiro atoms. The SMILES string of the molecule is NC(=O)[C@H]1CC(C(=O)Nc2ccccn2)=NN1c1ccc(F)cc1. The molecule has 0 fully saturated rings. The Morgan fingerprint density at radius 1 is 1.21 bits per heavy atom. The van der Waals surface area contributed by atoms with E-state index in [9.17, 15) is 14.0 Å². The van der Waals surface area contributed by atoms with Crippen LogP contribution >= 0.6 is 0 Å². The molecule has 1 atom stereocenters. The molecule has 0 radical (unpaired) electrons. The molecule has 0 aliphatic carbocycles. The van der Waals surface area contributed by atoms with Crippen molar-refractivity contribution in [2.45, 2.75) is 12.5 Å². The number of hydrazone groups is 1. The summed E-state index contributed by atoms with van der Waals surface area (Å²) in [6.07, 6.45) is 1.61. The monoisotopic (exact) mass is 327 g/mol. The Hall–Kier alpha value is -3.29. The van der Waals surface area contributed by atoms with Gasteiger partial charge in [-0.25, -0.2) is 9.37 Å². The van der Waals surface area contributed by atoms with Crippen LogP contribution in [0.1, 0.15) is 6.42 Å². The molecule has 3 rings (SSSR count). The van der Waals surface area contributed by atoms with E-state index >= 15 is 0 Å². The Balaban J connectivity index is 1.83. The Morgan fingerprint density at radius 2 is 1.96 bits per heavy atom. The maximum Gasteiger partial charge on any atom is 0.273 e. The van der Waals surface area contributed by atoms with Gasteiger partial charge in [-0.3, -0.25) is 14.6 Å². The number of nitrogens with two attached hydrogens (primary N) is 1. The number of hydrogen-bond acceptors (Lipinski definition) is 5. The molecule has 0 saturated heterocycles. The minimum absolute atomic E-state index is 0.0609. The molecule has 7 nitrogen and oxygen atoms in total. The van der Waals surface area contributed by atoms with Crippen LogP contribution in [0.5, 0.6) is 0 Å². The van der Waals surface area contributed by atoms with Crippen LogP contribution in [-0.2, 0) is 9.59 Å². The van der Waals surface area contributed by atoms with E-state index in [4.69, 9.17) is 5.73 Å². The van der Waals surface area contributed by atoms with Crippen LogP contribution < -0.4 is 16.1 Å². The lowest BCUT2D eigenvalue weighted by Gasteiger charge is -2.20. The predicted octanol–water partition coefficient (Wildman–Crippen LogP) is 1.28. The van der Waals surface area contributed by atoms with Gasteiger partial charge in [0.2, 0.25) is 5.91 Å². The fourth-order valence-corrected chi connectivity index (χ4v) is 2.33. The van der Waals surface area contributed by atoms with Gasteiger partial charge in [0.25, 0.3) is 5.91 Å². The Bertz CT molecular complexity index is 792. The van der Waals surface area contributed by atoms with E-state index in [1.54, 1.807) is 24.4 Å². The predicted molar refractivity (Wildman–Crippen MR) is 86.8 cm³/mol. The summed E-state index contributed by atoms with van der Waals surface area (Å²) in [5, 5.41) is 8.11. The van der Waals surface area contributed by atoms with Crippen molar-refractivity contribution >= 4 is 29.0 Å². The number of aromatic nitrogens is 1. The molecule has 8 heteroatoms. The van der Waals surface area contributed by atoms with Crippen molar-refractivity contribution in [1.82, 2.24) is 4.98 Å². The maximum atomic E-state index is 13.1. The van der Waals surface area contributed by atoms with Crippen molar-refractivity contribution in [3.8, 4) is 0 Å². The maximum absolute atomic E-state index is 13.1. The molecule has 1 aromatic carbocycles. The second kappa shape index (κ2) is 6.45. The Morgan fingerprint density at radius 3 is 2.58 bits per heavy atom. The van der Waals surface area contributed by atoms with Crippen molar-refractivity contribution in [2.75, 3.05) is 10.3 Å². The number of benzene rings is 1. The van der Waals surface area contributed by atoms with Crippen LogP contribution in [0, 0.1) is 5.82 Å². The molecule has 0 bridgehead atoms. The van der Waals surface area contributed by atoms with E-state index in [0.717, 1.165) is 0 Å². The van der Waals surface area contributed by atoms with Gasteiger partial charge in [0, 0.05) is 12.6 Å². The second-order valence-corrected chi connectivity index (χ2v) is 5.16. The van der Waals surface area contributed by atoms with E-state index < -0.39 is 23.7 Å². The molecule has 1 aromatic heterocycles. The summed E-state index contributed by atoms with van der Waals surface area (Å²) in [5.74, 6) is -1.12. The molecule has 122 valence electrons. The zero-order valence-corrected chi connectivity index (χ0v) is 12.5. The number of anilines is 2. The summed E-state index contributed by atoms with van der Waals surface area (Å²) in [5.41, 5.74) is 6.02. The van der Waals surface area contributed by atoms with E-state index in [-0.39, 0.29) is 12.1 Å².